The second-order valence-corrected chi connectivity index (χ2v) is 6.24. The topological polar surface area (TPSA) is 24.5 Å². The van der Waals surface area contributed by atoms with Crippen molar-refractivity contribution in [2.75, 3.05) is 39.8 Å². The van der Waals surface area contributed by atoms with Gasteiger partial charge in [0.05, 0.1) is 7.11 Å². The minimum absolute atomic E-state index is 0.379. The predicted molar refractivity (Wildman–Crippen MR) is 82.4 cm³/mol. The summed E-state index contributed by atoms with van der Waals surface area (Å²) in [5.41, 5.74) is 1.89. The summed E-state index contributed by atoms with van der Waals surface area (Å²) in [5, 5.41) is 3.45. The number of nitrogens with one attached hydrogen (secondary N) is 1. The van der Waals surface area contributed by atoms with Crippen LogP contribution in [0.15, 0.2) is 24.3 Å². The van der Waals surface area contributed by atoms with E-state index in [1.165, 1.54) is 50.9 Å². The molecule has 0 unspecified atom stereocenters. The van der Waals surface area contributed by atoms with Gasteiger partial charge in [0.2, 0.25) is 0 Å². The Morgan fingerprint density at radius 3 is 2.35 bits per heavy atom. The molecule has 1 N–H and O–H groups in total. The molecule has 1 saturated carbocycles. The number of benzene rings is 1. The van der Waals surface area contributed by atoms with E-state index in [0.29, 0.717) is 5.41 Å². The fourth-order valence-electron chi connectivity index (χ4n) is 3.83. The summed E-state index contributed by atoms with van der Waals surface area (Å²) in [6, 6.07) is 8.80. The summed E-state index contributed by atoms with van der Waals surface area (Å²) in [7, 11) is 1.74. The first-order valence-electron chi connectivity index (χ1n) is 7.90. The van der Waals surface area contributed by atoms with Crippen LogP contribution in [0, 0.1) is 0 Å². The van der Waals surface area contributed by atoms with E-state index in [2.05, 4.69) is 34.5 Å². The third-order valence-corrected chi connectivity index (χ3v) is 5.00. The molecule has 3 nitrogen and oxygen atoms in total. The van der Waals surface area contributed by atoms with Gasteiger partial charge in [-0.05, 0) is 30.5 Å². The molecule has 3 heteroatoms. The van der Waals surface area contributed by atoms with Crippen LogP contribution in [-0.2, 0) is 5.41 Å². The molecular formula is C17H26N2O. The van der Waals surface area contributed by atoms with E-state index in [-0.39, 0.29) is 0 Å². The summed E-state index contributed by atoms with van der Waals surface area (Å²) >= 11 is 0. The summed E-state index contributed by atoms with van der Waals surface area (Å²) in [4.78, 5) is 2.64. The molecule has 0 radical (unpaired) electrons. The van der Waals surface area contributed by atoms with Crippen molar-refractivity contribution in [2.24, 2.45) is 0 Å². The van der Waals surface area contributed by atoms with Crippen LogP contribution in [0.2, 0.25) is 0 Å². The Morgan fingerprint density at radius 1 is 1.10 bits per heavy atom. The van der Waals surface area contributed by atoms with E-state index in [1.807, 2.05) is 0 Å². The molecule has 0 spiro atoms. The lowest BCUT2D eigenvalue weighted by Crippen LogP contribution is -2.48. The van der Waals surface area contributed by atoms with E-state index < -0.39 is 0 Å². The molecule has 0 amide bonds. The molecule has 0 bridgehead atoms. The van der Waals surface area contributed by atoms with Crippen molar-refractivity contribution in [3.8, 4) is 5.75 Å². The van der Waals surface area contributed by atoms with Crippen LogP contribution in [0.25, 0.3) is 0 Å². The Bertz CT molecular complexity index is 417. The van der Waals surface area contributed by atoms with Gasteiger partial charge in [0, 0.05) is 38.1 Å². The Kier molecular flexibility index (Phi) is 4.27. The number of hydrogen-bond acceptors (Lipinski definition) is 3. The highest BCUT2D eigenvalue weighted by atomic mass is 16.5. The maximum absolute atomic E-state index is 5.30. The van der Waals surface area contributed by atoms with Crippen molar-refractivity contribution in [3.05, 3.63) is 29.8 Å². The maximum atomic E-state index is 5.30. The first-order valence-corrected chi connectivity index (χ1v) is 7.90. The number of rotatable bonds is 4. The standard InChI is InChI=1S/C17H26N2O/c1-20-16-6-4-15(5-7-16)17(8-2-3-9-17)14-19-12-10-18-11-13-19/h4-7,18H,2-3,8-14H2,1H3. The molecule has 1 aliphatic carbocycles. The van der Waals surface area contributed by atoms with Crippen molar-refractivity contribution in [2.45, 2.75) is 31.1 Å². The van der Waals surface area contributed by atoms with Crippen molar-refractivity contribution >= 4 is 0 Å². The summed E-state index contributed by atoms with van der Waals surface area (Å²) < 4.78 is 5.30. The van der Waals surface area contributed by atoms with Gasteiger partial charge in [-0.15, -0.1) is 0 Å². The van der Waals surface area contributed by atoms with E-state index >= 15 is 0 Å². The monoisotopic (exact) mass is 274 g/mol. The fourth-order valence-corrected chi connectivity index (χ4v) is 3.83. The summed E-state index contributed by atoms with van der Waals surface area (Å²) in [6.07, 6.45) is 5.42. The van der Waals surface area contributed by atoms with Crippen LogP contribution >= 0.6 is 0 Å². The highest BCUT2D eigenvalue weighted by Gasteiger charge is 2.37. The SMILES string of the molecule is COc1ccc(C2(CN3CCNCC3)CCCC2)cc1. The van der Waals surface area contributed by atoms with E-state index in [0.717, 1.165) is 18.8 Å². The number of methoxy groups -OCH3 is 1. The van der Waals surface area contributed by atoms with Gasteiger partial charge in [0.25, 0.3) is 0 Å². The molecule has 1 saturated heterocycles. The number of hydrogen-bond donors (Lipinski definition) is 1. The molecule has 20 heavy (non-hydrogen) atoms. The van der Waals surface area contributed by atoms with Crippen molar-refractivity contribution < 1.29 is 4.74 Å². The van der Waals surface area contributed by atoms with Gasteiger partial charge in [-0.25, -0.2) is 0 Å². The van der Waals surface area contributed by atoms with Crippen LogP contribution in [0.1, 0.15) is 31.2 Å². The molecule has 1 aliphatic heterocycles. The molecule has 2 aliphatic rings. The molecule has 1 aromatic carbocycles. The Balaban J connectivity index is 1.78. The lowest BCUT2D eigenvalue weighted by atomic mass is 9.78. The first-order chi connectivity index (χ1) is 9.82. The first kappa shape index (κ1) is 13.9. The third kappa shape index (κ3) is 2.84. The van der Waals surface area contributed by atoms with Gasteiger partial charge in [0.1, 0.15) is 5.75 Å². The largest absolute Gasteiger partial charge is 0.497 e. The number of piperazine rings is 1. The van der Waals surface area contributed by atoms with Crippen LogP contribution in [-0.4, -0.2) is 44.7 Å². The van der Waals surface area contributed by atoms with Crippen LogP contribution in [0.3, 0.4) is 0 Å². The van der Waals surface area contributed by atoms with Crippen LogP contribution in [0.4, 0.5) is 0 Å². The minimum atomic E-state index is 0.379. The van der Waals surface area contributed by atoms with Crippen molar-refractivity contribution in [1.29, 1.82) is 0 Å². The second-order valence-electron chi connectivity index (χ2n) is 6.24. The Morgan fingerprint density at radius 2 is 1.75 bits per heavy atom. The molecule has 2 fully saturated rings. The maximum Gasteiger partial charge on any atom is 0.118 e. The number of ether oxygens (including phenoxy) is 1. The Hall–Kier alpha value is -1.06. The zero-order valence-corrected chi connectivity index (χ0v) is 12.5. The zero-order valence-electron chi connectivity index (χ0n) is 12.5. The summed E-state index contributed by atoms with van der Waals surface area (Å²) in [5.74, 6) is 0.962. The molecule has 110 valence electrons. The quantitative estimate of drug-likeness (QED) is 0.912. The van der Waals surface area contributed by atoms with Gasteiger partial charge in [-0.2, -0.15) is 0 Å². The van der Waals surface area contributed by atoms with Crippen molar-refractivity contribution in [1.82, 2.24) is 10.2 Å². The van der Waals surface area contributed by atoms with Gasteiger partial charge in [-0.3, -0.25) is 4.90 Å². The van der Waals surface area contributed by atoms with Crippen LogP contribution < -0.4 is 10.1 Å². The average molecular weight is 274 g/mol. The lowest BCUT2D eigenvalue weighted by molar-refractivity contribution is 0.185. The highest BCUT2D eigenvalue weighted by Crippen LogP contribution is 2.42. The Labute approximate surface area is 122 Å². The molecular weight excluding hydrogens is 248 g/mol. The van der Waals surface area contributed by atoms with Crippen molar-refractivity contribution in [3.63, 3.8) is 0 Å². The second kappa shape index (κ2) is 6.15. The predicted octanol–water partition coefficient (Wildman–Crippen LogP) is 2.41. The number of nitrogens with zero attached hydrogens (tertiary/aromatic N) is 1. The minimum Gasteiger partial charge on any atom is -0.497 e. The van der Waals surface area contributed by atoms with Gasteiger partial charge < -0.3 is 10.1 Å². The molecule has 0 aromatic heterocycles. The third-order valence-electron chi connectivity index (χ3n) is 5.00. The molecule has 1 aromatic rings. The molecule has 1 heterocycles. The normalized spacial score (nSPS) is 22.9. The van der Waals surface area contributed by atoms with Gasteiger partial charge >= 0.3 is 0 Å². The fraction of sp³-hybridized carbons (Fsp3) is 0.647. The highest BCUT2D eigenvalue weighted by molar-refractivity contribution is 5.33. The summed E-state index contributed by atoms with van der Waals surface area (Å²) in [6.45, 7) is 5.88. The smallest absolute Gasteiger partial charge is 0.118 e. The van der Waals surface area contributed by atoms with E-state index in [9.17, 15) is 0 Å². The molecule has 0 atom stereocenters. The van der Waals surface area contributed by atoms with Gasteiger partial charge in [-0.1, -0.05) is 25.0 Å². The van der Waals surface area contributed by atoms with E-state index in [1.54, 1.807) is 7.11 Å². The van der Waals surface area contributed by atoms with E-state index in [4.69, 9.17) is 4.74 Å². The average Bonchev–Trinajstić information content (AvgIpc) is 2.98. The molecule has 3 rings (SSSR count). The zero-order chi connectivity index (χ0) is 13.8. The lowest BCUT2D eigenvalue weighted by Gasteiger charge is -2.38. The van der Waals surface area contributed by atoms with Gasteiger partial charge in [0.15, 0.2) is 0 Å². The van der Waals surface area contributed by atoms with Crippen LogP contribution in [0.5, 0.6) is 5.75 Å².